The molecule has 1 aromatic heterocycles. The third kappa shape index (κ3) is 3.94. The number of hydrogen-bond acceptors (Lipinski definition) is 6. The molecule has 2 aromatic carbocycles. The smallest absolute Gasteiger partial charge is 0.270 e. The van der Waals surface area contributed by atoms with Crippen molar-refractivity contribution in [1.29, 1.82) is 0 Å². The number of aryl methyl sites for hydroxylation is 1. The normalized spacial score (nSPS) is 11.0. The first-order chi connectivity index (χ1) is 12.6. The van der Waals surface area contributed by atoms with Crippen molar-refractivity contribution in [2.24, 2.45) is 5.10 Å². The molecule has 0 aliphatic rings. The summed E-state index contributed by atoms with van der Waals surface area (Å²) >= 11 is 0. The molecule has 7 nitrogen and oxygen atoms in total. The molecular weight excluding hydrogens is 332 g/mol. The number of nitrogens with zero attached hydrogens (tertiary/aromatic N) is 3. The third-order valence-electron chi connectivity index (χ3n) is 3.70. The summed E-state index contributed by atoms with van der Waals surface area (Å²) in [4.78, 5) is 14.9. The number of nitro benzene ring substituents is 1. The summed E-state index contributed by atoms with van der Waals surface area (Å²) < 4.78 is 5.52. The number of nitro groups is 1. The second-order valence-electron chi connectivity index (χ2n) is 5.65. The highest BCUT2D eigenvalue weighted by Gasteiger charge is 2.06. The van der Waals surface area contributed by atoms with Gasteiger partial charge in [-0.15, -0.1) is 0 Å². The molecule has 0 saturated carbocycles. The zero-order chi connectivity index (χ0) is 18.5. The van der Waals surface area contributed by atoms with Crippen molar-refractivity contribution in [2.75, 3.05) is 12.0 Å². The van der Waals surface area contributed by atoms with Gasteiger partial charge < -0.3 is 4.74 Å². The van der Waals surface area contributed by atoms with Crippen LogP contribution in [0.3, 0.4) is 0 Å². The van der Waals surface area contributed by atoms with Gasteiger partial charge in [0.1, 0.15) is 5.75 Å². The molecule has 3 rings (SSSR count). The van der Waals surface area contributed by atoms with Crippen molar-refractivity contribution < 1.29 is 9.66 Å². The molecule has 3 aromatic rings. The minimum absolute atomic E-state index is 0.0302. The highest BCUT2D eigenvalue weighted by Crippen LogP contribution is 2.27. The minimum atomic E-state index is -0.430. The second-order valence-corrected chi connectivity index (χ2v) is 5.65. The molecule has 0 amide bonds. The maximum atomic E-state index is 10.8. The predicted octanol–water partition coefficient (Wildman–Crippen LogP) is 4.30. The first kappa shape index (κ1) is 17.3. The lowest BCUT2D eigenvalue weighted by Gasteiger charge is -2.09. The molecule has 0 aliphatic carbocycles. The number of hydrazone groups is 1. The van der Waals surface area contributed by atoms with E-state index in [4.69, 9.17) is 4.74 Å². The molecule has 0 unspecified atom stereocenters. The fraction of sp³-hybridized carbons (Fsp3) is 0.158. The fourth-order valence-electron chi connectivity index (χ4n) is 2.58. The van der Waals surface area contributed by atoms with E-state index in [2.05, 4.69) is 15.5 Å². The van der Waals surface area contributed by atoms with Crippen molar-refractivity contribution in [3.05, 3.63) is 69.9 Å². The van der Waals surface area contributed by atoms with Crippen LogP contribution in [0.2, 0.25) is 0 Å². The molecule has 7 heteroatoms. The van der Waals surface area contributed by atoms with Crippen molar-refractivity contribution >= 4 is 28.5 Å². The number of nitrogens with one attached hydrogen (secondary N) is 1. The Labute approximate surface area is 150 Å². The Morgan fingerprint density at radius 3 is 2.88 bits per heavy atom. The average Bonchev–Trinajstić information content (AvgIpc) is 2.62. The first-order valence-electron chi connectivity index (χ1n) is 8.14. The molecule has 132 valence electrons. The van der Waals surface area contributed by atoms with Crippen LogP contribution in [-0.4, -0.2) is 22.7 Å². The highest BCUT2D eigenvalue weighted by molar-refractivity contribution is 5.92. The van der Waals surface area contributed by atoms with Gasteiger partial charge in [-0.3, -0.25) is 20.5 Å². The second kappa shape index (κ2) is 7.60. The largest absolute Gasteiger partial charge is 0.494 e. The van der Waals surface area contributed by atoms with Gasteiger partial charge in [0.15, 0.2) is 0 Å². The SMILES string of the molecule is CCOc1ccc2c(N/N=C/c3cccc([N+](=O)[O-])c3)cc(C)nc2c1. The summed E-state index contributed by atoms with van der Waals surface area (Å²) in [5, 5.41) is 16.0. The maximum Gasteiger partial charge on any atom is 0.270 e. The molecule has 0 spiro atoms. The van der Waals surface area contributed by atoms with Crippen molar-refractivity contribution in [2.45, 2.75) is 13.8 Å². The van der Waals surface area contributed by atoms with Crippen molar-refractivity contribution in [3.63, 3.8) is 0 Å². The number of anilines is 1. The number of non-ortho nitro benzene ring substituents is 1. The molecule has 26 heavy (non-hydrogen) atoms. The zero-order valence-electron chi connectivity index (χ0n) is 14.5. The van der Waals surface area contributed by atoms with E-state index in [0.717, 1.165) is 28.0 Å². The van der Waals surface area contributed by atoms with Crippen LogP contribution in [0.1, 0.15) is 18.2 Å². The van der Waals surface area contributed by atoms with E-state index in [1.165, 1.54) is 12.1 Å². The molecule has 0 saturated heterocycles. The summed E-state index contributed by atoms with van der Waals surface area (Å²) in [5.74, 6) is 0.768. The molecule has 0 atom stereocenters. The quantitative estimate of drug-likeness (QED) is 0.407. The van der Waals surface area contributed by atoms with E-state index >= 15 is 0 Å². The number of ether oxygens (including phenoxy) is 1. The molecule has 0 radical (unpaired) electrons. The minimum Gasteiger partial charge on any atom is -0.494 e. The first-order valence-corrected chi connectivity index (χ1v) is 8.14. The predicted molar refractivity (Wildman–Crippen MR) is 102 cm³/mol. The van der Waals surface area contributed by atoms with E-state index in [1.807, 2.05) is 38.1 Å². The maximum absolute atomic E-state index is 10.8. The summed E-state index contributed by atoms with van der Waals surface area (Å²) in [6.07, 6.45) is 1.54. The van der Waals surface area contributed by atoms with Crippen LogP contribution in [0.4, 0.5) is 11.4 Å². The van der Waals surface area contributed by atoms with Gasteiger partial charge >= 0.3 is 0 Å². The van der Waals surface area contributed by atoms with Crippen LogP contribution in [-0.2, 0) is 0 Å². The Morgan fingerprint density at radius 1 is 1.27 bits per heavy atom. The van der Waals surface area contributed by atoms with Gasteiger partial charge in [-0.1, -0.05) is 12.1 Å². The number of aromatic nitrogens is 1. The van der Waals surface area contributed by atoms with Gasteiger partial charge in [0.25, 0.3) is 5.69 Å². The molecule has 0 aliphatic heterocycles. The van der Waals surface area contributed by atoms with Crippen molar-refractivity contribution in [3.8, 4) is 5.75 Å². The van der Waals surface area contributed by atoms with Crippen LogP contribution < -0.4 is 10.2 Å². The van der Waals surface area contributed by atoms with Crippen LogP contribution >= 0.6 is 0 Å². The van der Waals surface area contributed by atoms with E-state index in [-0.39, 0.29) is 5.69 Å². The lowest BCUT2D eigenvalue weighted by molar-refractivity contribution is -0.384. The summed E-state index contributed by atoms with van der Waals surface area (Å²) in [7, 11) is 0. The summed E-state index contributed by atoms with van der Waals surface area (Å²) in [6, 6.07) is 13.9. The fourth-order valence-corrected chi connectivity index (χ4v) is 2.58. The molecule has 0 bridgehead atoms. The summed E-state index contributed by atoms with van der Waals surface area (Å²) in [6.45, 7) is 4.43. The van der Waals surface area contributed by atoms with Crippen LogP contribution in [0.15, 0.2) is 53.6 Å². The Kier molecular flexibility index (Phi) is 5.07. The number of hydrogen-bond donors (Lipinski definition) is 1. The monoisotopic (exact) mass is 350 g/mol. The van der Waals surface area contributed by atoms with Gasteiger partial charge in [-0.05, 0) is 32.0 Å². The average molecular weight is 350 g/mol. The molecule has 1 heterocycles. The lowest BCUT2D eigenvalue weighted by atomic mass is 10.1. The zero-order valence-corrected chi connectivity index (χ0v) is 14.5. The Balaban J connectivity index is 1.86. The standard InChI is InChI=1S/C19H18N4O3/c1-3-26-16-7-8-17-18(11-16)21-13(2)9-19(17)22-20-12-14-5-4-6-15(10-14)23(24)25/h4-12H,3H2,1-2H3,(H,21,22)/b20-12+. The van der Waals surface area contributed by atoms with E-state index in [1.54, 1.807) is 18.3 Å². The third-order valence-corrected chi connectivity index (χ3v) is 3.70. The number of pyridine rings is 1. The van der Waals surface area contributed by atoms with Gasteiger partial charge in [0, 0.05) is 34.8 Å². The Morgan fingerprint density at radius 2 is 2.12 bits per heavy atom. The van der Waals surface area contributed by atoms with Crippen LogP contribution in [0.5, 0.6) is 5.75 Å². The van der Waals surface area contributed by atoms with Crippen molar-refractivity contribution in [1.82, 2.24) is 4.98 Å². The number of rotatable bonds is 6. The Bertz CT molecular complexity index is 986. The number of fused-ring (bicyclic) bond motifs is 1. The Hall–Kier alpha value is -3.48. The van der Waals surface area contributed by atoms with Gasteiger partial charge in [0.2, 0.25) is 0 Å². The van der Waals surface area contributed by atoms with Gasteiger partial charge in [-0.25, -0.2) is 0 Å². The van der Waals surface area contributed by atoms with E-state index < -0.39 is 4.92 Å². The van der Waals surface area contributed by atoms with Crippen LogP contribution in [0, 0.1) is 17.0 Å². The highest BCUT2D eigenvalue weighted by atomic mass is 16.6. The van der Waals surface area contributed by atoms with E-state index in [9.17, 15) is 10.1 Å². The topological polar surface area (TPSA) is 89.6 Å². The van der Waals surface area contributed by atoms with Crippen LogP contribution in [0.25, 0.3) is 10.9 Å². The molecule has 0 fully saturated rings. The molecular formula is C19H18N4O3. The van der Waals surface area contributed by atoms with Gasteiger partial charge in [-0.2, -0.15) is 5.10 Å². The summed E-state index contributed by atoms with van der Waals surface area (Å²) in [5.41, 5.74) is 6.12. The molecule has 1 N–H and O–H groups in total. The van der Waals surface area contributed by atoms with E-state index in [0.29, 0.717) is 12.2 Å². The number of benzene rings is 2. The lowest BCUT2D eigenvalue weighted by Crippen LogP contribution is -1.96. The van der Waals surface area contributed by atoms with Gasteiger partial charge in [0.05, 0.1) is 28.9 Å².